The maximum Gasteiger partial charge on any atom is 0.123 e. The van der Waals surface area contributed by atoms with Gasteiger partial charge in [-0.15, -0.1) is 0 Å². The van der Waals surface area contributed by atoms with Crippen LogP contribution >= 0.6 is 0 Å². The maximum absolute atomic E-state index is 12.9. The first kappa shape index (κ1) is 10.1. The van der Waals surface area contributed by atoms with E-state index in [0.717, 1.165) is 16.8 Å². The summed E-state index contributed by atoms with van der Waals surface area (Å²) in [5.74, 6) is -0.207. The van der Waals surface area contributed by atoms with Crippen LogP contribution < -0.4 is 0 Å². The molecule has 1 aromatic heterocycles. The number of H-pyrrole nitrogens is 1. The topological polar surface area (TPSA) is 15.8 Å². The van der Waals surface area contributed by atoms with E-state index in [4.69, 9.17) is 0 Å². The van der Waals surface area contributed by atoms with Crippen molar-refractivity contribution < 1.29 is 4.39 Å². The van der Waals surface area contributed by atoms with Gasteiger partial charge in [0.25, 0.3) is 0 Å². The van der Waals surface area contributed by atoms with Crippen molar-refractivity contribution in [2.75, 3.05) is 0 Å². The molecule has 1 nitrogen and oxygen atoms in total. The molecule has 3 aromatic rings. The molecule has 0 saturated carbocycles. The van der Waals surface area contributed by atoms with Crippen molar-refractivity contribution in [2.24, 2.45) is 0 Å². The van der Waals surface area contributed by atoms with E-state index in [-0.39, 0.29) is 5.82 Å². The zero-order valence-electron chi connectivity index (χ0n) is 9.50. The van der Waals surface area contributed by atoms with Crippen LogP contribution in [0.2, 0.25) is 0 Å². The smallest absolute Gasteiger partial charge is 0.123 e. The highest BCUT2D eigenvalue weighted by Gasteiger charge is 2.04. The maximum atomic E-state index is 12.9. The van der Waals surface area contributed by atoms with E-state index < -0.39 is 0 Å². The normalized spacial score (nSPS) is 10.9. The second-order valence-corrected chi connectivity index (χ2v) is 4.23. The fourth-order valence-electron chi connectivity index (χ4n) is 2.09. The third kappa shape index (κ3) is 1.72. The van der Waals surface area contributed by atoms with Crippen molar-refractivity contribution in [1.29, 1.82) is 0 Å². The van der Waals surface area contributed by atoms with E-state index in [1.54, 1.807) is 12.1 Å². The van der Waals surface area contributed by atoms with Crippen LogP contribution in [-0.4, -0.2) is 4.98 Å². The summed E-state index contributed by atoms with van der Waals surface area (Å²) in [6, 6.07) is 14.8. The molecule has 84 valence electrons. The highest BCUT2D eigenvalue weighted by molar-refractivity contribution is 5.88. The number of fused-ring (bicyclic) bond motifs is 1. The van der Waals surface area contributed by atoms with Gasteiger partial charge in [-0.05, 0) is 48.4 Å². The van der Waals surface area contributed by atoms with Gasteiger partial charge in [0.1, 0.15) is 5.82 Å². The van der Waals surface area contributed by atoms with Gasteiger partial charge in [0.05, 0.1) is 0 Å². The molecule has 0 aliphatic rings. The third-order valence-electron chi connectivity index (χ3n) is 3.02. The van der Waals surface area contributed by atoms with Crippen molar-refractivity contribution >= 4 is 10.9 Å². The summed E-state index contributed by atoms with van der Waals surface area (Å²) in [6.07, 6.45) is 0. The van der Waals surface area contributed by atoms with E-state index in [9.17, 15) is 4.39 Å². The lowest BCUT2D eigenvalue weighted by atomic mass is 10.1. The quantitative estimate of drug-likeness (QED) is 0.636. The van der Waals surface area contributed by atoms with Crippen LogP contribution in [0, 0.1) is 12.7 Å². The van der Waals surface area contributed by atoms with Crippen molar-refractivity contribution in [3.63, 3.8) is 0 Å². The Hall–Kier alpha value is -2.09. The molecule has 0 unspecified atom stereocenters. The monoisotopic (exact) mass is 225 g/mol. The Balaban J connectivity index is 2.18. The summed E-state index contributed by atoms with van der Waals surface area (Å²) in [5, 5.41) is 1.18. The van der Waals surface area contributed by atoms with Gasteiger partial charge in [-0.25, -0.2) is 4.39 Å². The van der Waals surface area contributed by atoms with Gasteiger partial charge in [-0.2, -0.15) is 0 Å². The molecule has 2 aromatic carbocycles. The zero-order valence-corrected chi connectivity index (χ0v) is 9.50. The van der Waals surface area contributed by atoms with Gasteiger partial charge >= 0.3 is 0 Å². The molecule has 3 rings (SSSR count). The Morgan fingerprint density at radius 2 is 1.76 bits per heavy atom. The summed E-state index contributed by atoms with van der Waals surface area (Å²) >= 11 is 0. The summed E-state index contributed by atoms with van der Waals surface area (Å²) < 4.78 is 12.9. The highest BCUT2D eigenvalue weighted by atomic mass is 19.1. The summed E-state index contributed by atoms with van der Waals surface area (Å²) in [5.41, 5.74) is 4.39. The SMILES string of the molecule is Cc1cccc2cc(-c3ccc(F)cc3)[nH]c12. The molecule has 0 spiro atoms. The largest absolute Gasteiger partial charge is 0.354 e. The average Bonchev–Trinajstić information content (AvgIpc) is 2.75. The molecule has 0 aliphatic heterocycles. The molecular formula is C15H12FN. The Kier molecular flexibility index (Phi) is 2.22. The number of hydrogen-bond donors (Lipinski definition) is 1. The summed E-state index contributed by atoms with van der Waals surface area (Å²) in [6.45, 7) is 2.08. The first-order chi connectivity index (χ1) is 8.24. The minimum absolute atomic E-state index is 0.207. The van der Waals surface area contributed by atoms with E-state index in [1.807, 2.05) is 6.07 Å². The van der Waals surface area contributed by atoms with Crippen LogP contribution in [0.3, 0.4) is 0 Å². The Morgan fingerprint density at radius 1 is 1.00 bits per heavy atom. The van der Waals surface area contributed by atoms with E-state index in [1.165, 1.54) is 23.1 Å². The van der Waals surface area contributed by atoms with Crippen LogP contribution in [-0.2, 0) is 0 Å². The predicted molar refractivity (Wildman–Crippen MR) is 68.4 cm³/mol. The van der Waals surface area contributed by atoms with Crippen LogP contribution in [0.1, 0.15) is 5.56 Å². The number of halogens is 1. The Labute approximate surface area is 98.9 Å². The molecule has 2 heteroatoms. The number of hydrogen-bond acceptors (Lipinski definition) is 0. The van der Waals surface area contributed by atoms with Crippen molar-refractivity contribution in [1.82, 2.24) is 4.98 Å². The van der Waals surface area contributed by atoms with Gasteiger partial charge < -0.3 is 4.98 Å². The molecule has 1 N–H and O–H groups in total. The summed E-state index contributed by atoms with van der Waals surface area (Å²) in [4.78, 5) is 3.38. The first-order valence-electron chi connectivity index (χ1n) is 5.58. The highest BCUT2D eigenvalue weighted by Crippen LogP contribution is 2.25. The van der Waals surface area contributed by atoms with Crippen LogP contribution in [0.4, 0.5) is 4.39 Å². The third-order valence-corrected chi connectivity index (χ3v) is 3.02. The minimum Gasteiger partial charge on any atom is -0.354 e. The zero-order chi connectivity index (χ0) is 11.8. The second-order valence-electron chi connectivity index (χ2n) is 4.23. The molecule has 0 amide bonds. The minimum atomic E-state index is -0.207. The lowest BCUT2D eigenvalue weighted by Gasteiger charge is -1.97. The molecule has 0 radical (unpaired) electrons. The lowest BCUT2D eigenvalue weighted by molar-refractivity contribution is 0.628. The molecule has 0 fully saturated rings. The number of nitrogens with one attached hydrogen (secondary N) is 1. The first-order valence-corrected chi connectivity index (χ1v) is 5.58. The lowest BCUT2D eigenvalue weighted by Crippen LogP contribution is -1.79. The predicted octanol–water partition coefficient (Wildman–Crippen LogP) is 4.28. The fourth-order valence-corrected chi connectivity index (χ4v) is 2.09. The second kappa shape index (κ2) is 3.74. The molecule has 17 heavy (non-hydrogen) atoms. The van der Waals surface area contributed by atoms with Crippen LogP contribution in [0.5, 0.6) is 0 Å². The number of para-hydroxylation sites is 1. The van der Waals surface area contributed by atoms with Crippen molar-refractivity contribution in [2.45, 2.75) is 6.92 Å². The molecule has 0 bridgehead atoms. The van der Waals surface area contributed by atoms with Crippen LogP contribution in [0.25, 0.3) is 22.2 Å². The molecule has 1 heterocycles. The van der Waals surface area contributed by atoms with Crippen molar-refractivity contribution in [3.8, 4) is 11.3 Å². The number of aryl methyl sites for hydroxylation is 1. The van der Waals surface area contributed by atoms with Gasteiger partial charge in [-0.3, -0.25) is 0 Å². The van der Waals surface area contributed by atoms with Gasteiger partial charge in [0.2, 0.25) is 0 Å². The molecule has 0 saturated heterocycles. The number of benzene rings is 2. The Bertz CT molecular complexity index is 665. The average molecular weight is 225 g/mol. The molecular weight excluding hydrogens is 213 g/mol. The molecule has 0 atom stereocenters. The van der Waals surface area contributed by atoms with Crippen molar-refractivity contribution in [3.05, 3.63) is 59.9 Å². The van der Waals surface area contributed by atoms with E-state index in [2.05, 4.69) is 30.1 Å². The number of aromatic amines is 1. The number of aromatic nitrogens is 1. The number of rotatable bonds is 1. The van der Waals surface area contributed by atoms with E-state index in [0.29, 0.717) is 0 Å². The van der Waals surface area contributed by atoms with Gasteiger partial charge in [0, 0.05) is 16.6 Å². The van der Waals surface area contributed by atoms with Crippen LogP contribution in [0.15, 0.2) is 48.5 Å². The van der Waals surface area contributed by atoms with Gasteiger partial charge in [0.15, 0.2) is 0 Å². The standard InChI is InChI=1S/C15H12FN/c1-10-3-2-4-12-9-14(17-15(10)12)11-5-7-13(16)8-6-11/h2-9,17H,1H3. The molecule has 0 aliphatic carbocycles. The Morgan fingerprint density at radius 3 is 2.47 bits per heavy atom. The summed E-state index contributed by atoms with van der Waals surface area (Å²) in [7, 11) is 0. The van der Waals surface area contributed by atoms with E-state index >= 15 is 0 Å². The van der Waals surface area contributed by atoms with Gasteiger partial charge in [-0.1, -0.05) is 18.2 Å². The fraction of sp³-hybridized carbons (Fsp3) is 0.0667.